The summed E-state index contributed by atoms with van der Waals surface area (Å²) < 4.78 is 1.78. The lowest BCUT2D eigenvalue weighted by atomic mass is 9.92. The predicted octanol–water partition coefficient (Wildman–Crippen LogP) is 4.70. The van der Waals surface area contributed by atoms with E-state index in [2.05, 4.69) is 12.2 Å². The van der Waals surface area contributed by atoms with Gasteiger partial charge in [-0.25, -0.2) is 4.68 Å². The van der Waals surface area contributed by atoms with Crippen molar-refractivity contribution >= 4 is 11.8 Å². The summed E-state index contributed by atoms with van der Waals surface area (Å²) >= 11 is 0. The summed E-state index contributed by atoms with van der Waals surface area (Å²) in [5.74, 6) is 0.432. The number of nitrogens with zero attached hydrogens (tertiary/aromatic N) is 3. The highest BCUT2D eigenvalue weighted by Gasteiger charge is 2.28. The van der Waals surface area contributed by atoms with Gasteiger partial charge in [-0.1, -0.05) is 55.5 Å². The van der Waals surface area contributed by atoms with Gasteiger partial charge in [0.2, 0.25) is 5.91 Å². The molecule has 1 aliphatic rings. The topological polar surface area (TPSA) is 67.2 Å². The molecule has 6 heteroatoms. The third-order valence-corrected chi connectivity index (χ3v) is 6.41. The molecular weight excluding hydrogens is 412 g/mol. The molecule has 6 nitrogen and oxygen atoms in total. The van der Waals surface area contributed by atoms with Crippen LogP contribution in [0.2, 0.25) is 0 Å². The highest BCUT2D eigenvalue weighted by molar-refractivity contribution is 6.00. The van der Waals surface area contributed by atoms with Crippen LogP contribution in [-0.2, 0) is 4.79 Å². The third-order valence-electron chi connectivity index (χ3n) is 6.41. The number of para-hydroxylation sites is 1. The van der Waals surface area contributed by atoms with E-state index in [0.717, 1.165) is 30.5 Å². The Morgan fingerprint density at radius 2 is 1.67 bits per heavy atom. The minimum atomic E-state index is -0.00135. The Hall–Kier alpha value is -3.41. The molecule has 2 amide bonds. The van der Waals surface area contributed by atoms with Gasteiger partial charge in [0, 0.05) is 37.3 Å². The van der Waals surface area contributed by atoms with Crippen LogP contribution in [0.1, 0.15) is 49.9 Å². The highest BCUT2D eigenvalue weighted by Crippen LogP contribution is 2.27. The van der Waals surface area contributed by atoms with Crippen LogP contribution in [0.5, 0.6) is 0 Å². The van der Waals surface area contributed by atoms with Gasteiger partial charge in [-0.15, -0.1) is 0 Å². The molecule has 172 valence electrons. The number of benzene rings is 2. The van der Waals surface area contributed by atoms with Gasteiger partial charge in [0.15, 0.2) is 0 Å². The summed E-state index contributed by atoms with van der Waals surface area (Å²) in [6.45, 7) is 5.41. The summed E-state index contributed by atoms with van der Waals surface area (Å²) in [6, 6.07) is 19.9. The highest BCUT2D eigenvalue weighted by atomic mass is 16.2. The molecule has 3 aromatic rings. The maximum Gasteiger partial charge on any atom is 0.257 e. The zero-order chi connectivity index (χ0) is 23.2. The molecule has 0 saturated carbocycles. The molecule has 1 N–H and O–H groups in total. The van der Waals surface area contributed by atoms with Crippen LogP contribution >= 0.6 is 0 Å². The van der Waals surface area contributed by atoms with E-state index in [9.17, 15) is 9.59 Å². The number of amides is 2. The first kappa shape index (κ1) is 22.8. The minimum Gasteiger partial charge on any atom is -0.354 e. The summed E-state index contributed by atoms with van der Waals surface area (Å²) in [5, 5.41) is 7.82. The molecule has 2 heterocycles. The molecule has 1 aromatic heterocycles. The first-order chi connectivity index (χ1) is 16.0. The fourth-order valence-electron chi connectivity index (χ4n) is 4.26. The molecule has 1 saturated heterocycles. The van der Waals surface area contributed by atoms with Crippen LogP contribution in [-0.4, -0.2) is 45.6 Å². The van der Waals surface area contributed by atoms with E-state index in [-0.39, 0.29) is 17.9 Å². The van der Waals surface area contributed by atoms with Crippen LogP contribution in [0.4, 0.5) is 0 Å². The number of hydrogen-bond acceptors (Lipinski definition) is 3. The van der Waals surface area contributed by atoms with E-state index in [4.69, 9.17) is 5.10 Å². The SMILES string of the molecule is CC[C@H](C)NC(=O)CC1CCN(C(=O)c2cn(-c3ccccc3)nc2-c2ccccc2)CC1. The van der Waals surface area contributed by atoms with Crippen molar-refractivity contribution in [3.05, 3.63) is 72.4 Å². The Kier molecular flexibility index (Phi) is 7.23. The van der Waals surface area contributed by atoms with Crippen molar-refractivity contribution in [3.8, 4) is 16.9 Å². The molecule has 1 fully saturated rings. The second-order valence-corrected chi connectivity index (χ2v) is 8.85. The van der Waals surface area contributed by atoms with Crippen molar-refractivity contribution in [3.63, 3.8) is 0 Å². The zero-order valence-corrected chi connectivity index (χ0v) is 19.4. The van der Waals surface area contributed by atoms with Crippen molar-refractivity contribution in [2.75, 3.05) is 13.1 Å². The van der Waals surface area contributed by atoms with Crippen molar-refractivity contribution in [1.82, 2.24) is 20.0 Å². The molecule has 0 radical (unpaired) electrons. The van der Waals surface area contributed by atoms with Crippen LogP contribution in [0.25, 0.3) is 16.9 Å². The smallest absolute Gasteiger partial charge is 0.257 e. The van der Waals surface area contributed by atoms with Gasteiger partial charge >= 0.3 is 0 Å². The number of carbonyl (C=O) groups is 2. The first-order valence-corrected chi connectivity index (χ1v) is 11.8. The molecule has 4 rings (SSSR count). The Balaban J connectivity index is 1.49. The average molecular weight is 445 g/mol. The van der Waals surface area contributed by atoms with Crippen LogP contribution < -0.4 is 5.32 Å². The molecule has 33 heavy (non-hydrogen) atoms. The number of likely N-dealkylation sites (tertiary alicyclic amines) is 1. The van der Waals surface area contributed by atoms with E-state index in [1.807, 2.05) is 78.7 Å². The molecule has 0 bridgehead atoms. The summed E-state index contributed by atoms with van der Waals surface area (Å²) in [6.07, 6.45) is 4.98. The van der Waals surface area contributed by atoms with Gasteiger partial charge in [0.1, 0.15) is 5.69 Å². The Bertz CT molecular complexity index is 1070. The van der Waals surface area contributed by atoms with Crippen LogP contribution in [0.15, 0.2) is 66.9 Å². The molecule has 2 aromatic carbocycles. The molecule has 0 aliphatic carbocycles. The Morgan fingerprint density at radius 1 is 1.03 bits per heavy atom. The van der Waals surface area contributed by atoms with Crippen LogP contribution in [0.3, 0.4) is 0 Å². The predicted molar refractivity (Wildman–Crippen MR) is 130 cm³/mol. The number of aromatic nitrogens is 2. The normalized spacial score (nSPS) is 15.3. The van der Waals surface area contributed by atoms with Gasteiger partial charge in [-0.05, 0) is 44.2 Å². The van der Waals surface area contributed by atoms with E-state index in [1.54, 1.807) is 4.68 Å². The lowest BCUT2D eigenvalue weighted by molar-refractivity contribution is -0.122. The lowest BCUT2D eigenvalue weighted by Crippen LogP contribution is -2.40. The second kappa shape index (κ2) is 10.5. The average Bonchev–Trinajstić information content (AvgIpc) is 3.30. The number of rotatable bonds is 7. The van der Waals surface area contributed by atoms with Crippen molar-refractivity contribution in [2.24, 2.45) is 5.92 Å². The van der Waals surface area contributed by atoms with Gasteiger partial charge in [0.05, 0.1) is 11.3 Å². The summed E-state index contributed by atoms with van der Waals surface area (Å²) in [7, 11) is 0. The molecular formula is C27H32N4O2. The van der Waals surface area contributed by atoms with E-state index < -0.39 is 0 Å². The fraction of sp³-hybridized carbons (Fsp3) is 0.370. The van der Waals surface area contributed by atoms with E-state index in [0.29, 0.717) is 36.7 Å². The Morgan fingerprint density at radius 3 is 2.30 bits per heavy atom. The van der Waals surface area contributed by atoms with Gasteiger partial charge in [0.25, 0.3) is 5.91 Å². The monoisotopic (exact) mass is 444 g/mol. The van der Waals surface area contributed by atoms with Crippen molar-refractivity contribution in [1.29, 1.82) is 0 Å². The summed E-state index contributed by atoms with van der Waals surface area (Å²) in [5.41, 5.74) is 3.14. The van der Waals surface area contributed by atoms with Crippen molar-refractivity contribution in [2.45, 2.75) is 45.6 Å². The number of piperidine rings is 1. The maximum atomic E-state index is 13.5. The molecule has 0 unspecified atom stereocenters. The van der Waals surface area contributed by atoms with Crippen LogP contribution in [0, 0.1) is 5.92 Å². The largest absolute Gasteiger partial charge is 0.354 e. The van der Waals surface area contributed by atoms with Crippen molar-refractivity contribution < 1.29 is 9.59 Å². The standard InChI is InChI=1S/C27H32N4O2/c1-3-20(2)28-25(32)18-21-14-16-30(17-15-21)27(33)24-19-31(23-12-8-5-9-13-23)29-26(24)22-10-6-4-7-11-22/h4-13,19-21H,3,14-18H2,1-2H3,(H,28,32)/t20-/m0/s1. The first-order valence-electron chi connectivity index (χ1n) is 11.8. The van der Waals surface area contributed by atoms with E-state index >= 15 is 0 Å². The van der Waals surface area contributed by atoms with Gasteiger partial charge in [-0.2, -0.15) is 5.10 Å². The third kappa shape index (κ3) is 5.51. The number of carbonyl (C=O) groups excluding carboxylic acids is 2. The van der Waals surface area contributed by atoms with Gasteiger partial charge < -0.3 is 10.2 Å². The van der Waals surface area contributed by atoms with E-state index in [1.165, 1.54) is 0 Å². The number of nitrogens with one attached hydrogen (secondary N) is 1. The lowest BCUT2D eigenvalue weighted by Gasteiger charge is -2.32. The quantitative estimate of drug-likeness (QED) is 0.575. The number of hydrogen-bond donors (Lipinski definition) is 1. The molecule has 0 spiro atoms. The Labute approximate surface area is 195 Å². The molecule has 1 aliphatic heterocycles. The van der Waals surface area contributed by atoms with Gasteiger partial charge in [-0.3, -0.25) is 9.59 Å². The maximum absolute atomic E-state index is 13.5. The summed E-state index contributed by atoms with van der Waals surface area (Å²) in [4.78, 5) is 27.7. The molecule has 1 atom stereocenters. The zero-order valence-electron chi connectivity index (χ0n) is 19.4. The minimum absolute atomic E-state index is 0.00135. The second-order valence-electron chi connectivity index (χ2n) is 8.85. The fourth-order valence-corrected chi connectivity index (χ4v) is 4.26.